The fourth-order valence-corrected chi connectivity index (χ4v) is 5.36. The number of nitrogens with zero attached hydrogens (tertiary/aromatic N) is 1. The molecule has 2 aliphatic carbocycles. The molecule has 0 saturated heterocycles. The lowest BCUT2D eigenvalue weighted by Crippen LogP contribution is -2.38. The highest BCUT2D eigenvalue weighted by Gasteiger charge is 2.29. The predicted molar refractivity (Wildman–Crippen MR) is 135 cm³/mol. The number of rotatable bonds is 4. The predicted octanol–water partition coefficient (Wildman–Crippen LogP) is 5.05. The number of aromatic nitrogens is 2. The lowest BCUT2D eigenvalue weighted by molar-refractivity contribution is 0.0867. The van der Waals surface area contributed by atoms with Gasteiger partial charge in [-0.05, 0) is 60.6 Å². The zero-order chi connectivity index (χ0) is 23.9. The summed E-state index contributed by atoms with van der Waals surface area (Å²) in [5.41, 5.74) is 8.90. The molecule has 1 aromatic heterocycles. The summed E-state index contributed by atoms with van der Waals surface area (Å²) in [6, 6.07) is 21.4. The summed E-state index contributed by atoms with van der Waals surface area (Å²) < 4.78 is 0. The van der Waals surface area contributed by atoms with E-state index in [1.807, 2.05) is 30.3 Å². The zero-order valence-electron chi connectivity index (χ0n) is 19.3. The maximum atomic E-state index is 13.2. The number of H-pyrrole nitrogens is 1. The van der Waals surface area contributed by atoms with Crippen LogP contribution in [0.1, 0.15) is 47.2 Å². The first-order chi connectivity index (χ1) is 17.1. The van der Waals surface area contributed by atoms with E-state index in [0.29, 0.717) is 12.0 Å². The number of aliphatic hydroxyl groups is 1. The Kier molecular flexibility index (Phi) is 5.38. The van der Waals surface area contributed by atoms with Gasteiger partial charge in [-0.3, -0.25) is 9.89 Å². The molecule has 6 rings (SSSR count). The van der Waals surface area contributed by atoms with Crippen molar-refractivity contribution in [1.82, 2.24) is 15.5 Å². The van der Waals surface area contributed by atoms with Gasteiger partial charge in [0.2, 0.25) is 0 Å². The molecule has 0 aliphatic heterocycles. The molecule has 0 radical (unpaired) electrons. The van der Waals surface area contributed by atoms with Crippen LogP contribution in [0.4, 0.5) is 0 Å². The van der Waals surface area contributed by atoms with Crippen molar-refractivity contribution in [3.63, 3.8) is 0 Å². The Morgan fingerprint density at radius 3 is 2.23 bits per heavy atom. The van der Waals surface area contributed by atoms with Gasteiger partial charge in [-0.25, -0.2) is 0 Å². The van der Waals surface area contributed by atoms with Crippen molar-refractivity contribution in [1.29, 1.82) is 0 Å². The highest BCUT2D eigenvalue weighted by Crippen LogP contribution is 2.41. The maximum Gasteiger partial charge on any atom is 0.251 e. The number of benzene rings is 3. The Balaban J connectivity index is 1.25. The standard InChI is InChI=1S/C29H27N3O3/c33-21-12-8-18(9-13-21)17-4-6-19(7-5-17)27-26-16-25-23(28(26)32-31-27)2-1-3-24(25)29(35)30-20-10-14-22(34)15-11-20/h1-9,12-13,20,22,33-34H,10-11,14-16H2,(H,30,35)(H,31,32). The van der Waals surface area contributed by atoms with Crippen LogP contribution in [-0.4, -0.2) is 38.5 Å². The third-order valence-corrected chi connectivity index (χ3v) is 7.30. The van der Waals surface area contributed by atoms with E-state index in [1.165, 1.54) is 0 Å². The minimum absolute atomic E-state index is 0.0406. The minimum Gasteiger partial charge on any atom is -0.508 e. The SMILES string of the molecule is O=C(NC1CCC(O)CC1)c1cccc2c1Cc1c(-c3ccc(-c4ccc(O)cc4)cc3)n[nH]c1-2. The number of carbonyl (C=O) groups is 1. The molecule has 1 heterocycles. The monoisotopic (exact) mass is 465 g/mol. The molecule has 1 amide bonds. The van der Waals surface area contributed by atoms with E-state index in [1.54, 1.807) is 12.1 Å². The molecule has 0 atom stereocenters. The third-order valence-electron chi connectivity index (χ3n) is 7.30. The van der Waals surface area contributed by atoms with Crippen molar-refractivity contribution in [2.75, 3.05) is 0 Å². The molecule has 35 heavy (non-hydrogen) atoms. The number of hydrogen-bond donors (Lipinski definition) is 4. The average molecular weight is 466 g/mol. The summed E-state index contributed by atoms with van der Waals surface area (Å²) in [5.74, 6) is 0.212. The molecule has 0 spiro atoms. The summed E-state index contributed by atoms with van der Waals surface area (Å²) in [5, 5.41) is 30.3. The molecule has 1 saturated carbocycles. The van der Waals surface area contributed by atoms with Gasteiger partial charge < -0.3 is 15.5 Å². The number of nitrogens with one attached hydrogen (secondary N) is 2. The quantitative estimate of drug-likeness (QED) is 0.298. The Bertz CT molecular complexity index is 1380. The smallest absolute Gasteiger partial charge is 0.251 e. The van der Waals surface area contributed by atoms with Crippen molar-refractivity contribution in [3.05, 3.63) is 83.4 Å². The largest absolute Gasteiger partial charge is 0.508 e. The van der Waals surface area contributed by atoms with Gasteiger partial charge in [0.1, 0.15) is 5.75 Å². The molecule has 176 valence electrons. The molecular weight excluding hydrogens is 438 g/mol. The summed E-state index contributed by atoms with van der Waals surface area (Å²) in [6.07, 6.45) is 3.52. The number of phenolic OH excluding ortho intramolecular Hbond substituents is 1. The van der Waals surface area contributed by atoms with Crippen molar-refractivity contribution in [2.45, 2.75) is 44.2 Å². The second-order valence-electron chi connectivity index (χ2n) is 9.54. The van der Waals surface area contributed by atoms with Crippen LogP contribution in [0.2, 0.25) is 0 Å². The van der Waals surface area contributed by atoms with Gasteiger partial charge in [0, 0.05) is 34.7 Å². The fraction of sp³-hybridized carbons (Fsp3) is 0.241. The van der Waals surface area contributed by atoms with Crippen LogP contribution < -0.4 is 5.32 Å². The molecular formula is C29H27N3O3. The summed E-state index contributed by atoms with van der Waals surface area (Å²) in [6.45, 7) is 0. The van der Waals surface area contributed by atoms with Gasteiger partial charge in [0.05, 0.1) is 17.5 Å². The molecule has 0 unspecified atom stereocenters. The Morgan fingerprint density at radius 2 is 1.51 bits per heavy atom. The number of aromatic amines is 1. The molecule has 4 N–H and O–H groups in total. The van der Waals surface area contributed by atoms with E-state index in [-0.39, 0.29) is 23.8 Å². The number of aliphatic hydroxyl groups excluding tert-OH is 1. The lowest BCUT2D eigenvalue weighted by Gasteiger charge is -2.26. The minimum atomic E-state index is -0.241. The van der Waals surface area contributed by atoms with Gasteiger partial charge in [-0.1, -0.05) is 48.5 Å². The van der Waals surface area contributed by atoms with Crippen molar-refractivity contribution in [3.8, 4) is 39.4 Å². The maximum absolute atomic E-state index is 13.2. The molecule has 6 nitrogen and oxygen atoms in total. The topological polar surface area (TPSA) is 98.2 Å². The van der Waals surface area contributed by atoms with E-state index in [0.717, 1.165) is 70.5 Å². The first-order valence-electron chi connectivity index (χ1n) is 12.1. The normalized spacial score (nSPS) is 18.7. The van der Waals surface area contributed by atoms with Crippen LogP contribution >= 0.6 is 0 Å². The van der Waals surface area contributed by atoms with Crippen LogP contribution in [0.25, 0.3) is 33.6 Å². The van der Waals surface area contributed by atoms with Gasteiger partial charge in [0.15, 0.2) is 0 Å². The molecule has 3 aromatic carbocycles. The zero-order valence-corrected chi connectivity index (χ0v) is 19.3. The first-order valence-corrected chi connectivity index (χ1v) is 12.1. The van der Waals surface area contributed by atoms with Crippen LogP contribution in [0.3, 0.4) is 0 Å². The molecule has 2 aliphatic rings. The van der Waals surface area contributed by atoms with E-state index < -0.39 is 0 Å². The number of amides is 1. The fourth-order valence-electron chi connectivity index (χ4n) is 5.36. The van der Waals surface area contributed by atoms with E-state index in [9.17, 15) is 15.0 Å². The Labute approximate surface area is 203 Å². The number of aromatic hydroxyl groups is 1. The van der Waals surface area contributed by atoms with Crippen LogP contribution in [0.5, 0.6) is 5.75 Å². The highest BCUT2D eigenvalue weighted by molar-refractivity contribution is 5.99. The van der Waals surface area contributed by atoms with Crippen molar-refractivity contribution >= 4 is 5.91 Å². The average Bonchev–Trinajstić information content (AvgIpc) is 3.45. The summed E-state index contributed by atoms with van der Waals surface area (Å²) in [4.78, 5) is 13.2. The Hall–Kier alpha value is -3.90. The lowest BCUT2D eigenvalue weighted by atomic mass is 9.92. The van der Waals surface area contributed by atoms with Crippen LogP contribution in [0, 0.1) is 0 Å². The van der Waals surface area contributed by atoms with E-state index in [4.69, 9.17) is 0 Å². The summed E-state index contributed by atoms with van der Waals surface area (Å²) in [7, 11) is 0. The molecule has 4 aromatic rings. The molecule has 6 heteroatoms. The van der Waals surface area contributed by atoms with Crippen LogP contribution in [0.15, 0.2) is 66.7 Å². The van der Waals surface area contributed by atoms with Crippen molar-refractivity contribution in [2.24, 2.45) is 0 Å². The summed E-state index contributed by atoms with van der Waals surface area (Å²) >= 11 is 0. The van der Waals surface area contributed by atoms with Gasteiger partial charge in [-0.2, -0.15) is 5.10 Å². The van der Waals surface area contributed by atoms with E-state index >= 15 is 0 Å². The van der Waals surface area contributed by atoms with Gasteiger partial charge in [0.25, 0.3) is 5.91 Å². The van der Waals surface area contributed by atoms with Crippen molar-refractivity contribution < 1.29 is 15.0 Å². The third kappa shape index (κ3) is 4.00. The second-order valence-corrected chi connectivity index (χ2v) is 9.54. The van der Waals surface area contributed by atoms with E-state index in [2.05, 4.69) is 39.8 Å². The number of hydrogen-bond acceptors (Lipinski definition) is 4. The molecule has 1 fully saturated rings. The van der Waals surface area contributed by atoms with Gasteiger partial charge >= 0.3 is 0 Å². The molecule has 0 bridgehead atoms. The first kappa shape index (κ1) is 21.6. The van der Waals surface area contributed by atoms with Gasteiger partial charge in [-0.15, -0.1) is 0 Å². The number of fused-ring (bicyclic) bond motifs is 3. The number of carbonyl (C=O) groups excluding carboxylic acids is 1. The highest BCUT2D eigenvalue weighted by atomic mass is 16.3. The Morgan fingerprint density at radius 1 is 0.857 bits per heavy atom. The number of phenols is 1. The van der Waals surface area contributed by atoms with Crippen LogP contribution in [-0.2, 0) is 6.42 Å². The second kappa shape index (κ2) is 8.71.